The van der Waals surface area contributed by atoms with Crippen LogP contribution in [0.15, 0.2) is 42.7 Å². The number of halogens is 1. The molecule has 3 nitrogen and oxygen atoms in total. The Bertz CT molecular complexity index is 492. The molecular formula is C12H11FN2O. The van der Waals surface area contributed by atoms with Gasteiger partial charge in [-0.2, -0.15) is 5.10 Å². The van der Waals surface area contributed by atoms with Gasteiger partial charge in [-0.1, -0.05) is 12.2 Å². The largest absolute Gasteiger partial charge is 0.392 e. The third kappa shape index (κ3) is 2.17. The van der Waals surface area contributed by atoms with Gasteiger partial charge in [-0.25, -0.2) is 9.07 Å². The lowest BCUT2D eigenvalue weighted by atomic mass is 10.2. The summed E-state index contributed by atoms with van der Waals surface area (Å²) in [4.78, 5) is 0. The highest BCUT2D eigenvalue weighted by molar-refractivity contribution is 5.52. The van der Waals surface area contributed by atoms with E-state index in [0.717, 1.165) is 0 Å². The van der Waals surface area contributed by atoms with E-state index in [1.165, 1.54) is 12.1 Å². The molecule has 0 atom stereocenters. The predicted octanol–water partition coefficient (Wildman–Crippen LogP) is 2.02. The first kappa shape index (κ1) is 10.6. The summed E-state index contributed by atoms with van der Waals surface area (Å²) >= 11 is 0. The highest BCUT2D eigenvalue weighted by Gasteiger charge is 2.02. The van der Waals surface area contributed by atoms with Crippen LogP contribution in [0.3, 0.4) is 0 Å². The molecule has 0 radical (unpaired) electrons. The van der Waals surface area contributed by atoms with Gasteiger partial charge in [0.25, 0.3) is 0 Å². The smallest absolute Gasteiger partial charge is 0.132 e. The number of hydrogen-bond acceptors (Lipinski definition) is 2. The standard InChI is InChI=1S/C12H11FN2O/c13-12-9-11(15-7-2-6-14-15)5-4-10(12)3-1-8-16/h1-7,9,16H,8H2. The van der Waals surface area contributed by atoms with Crippen molar-refractivity contribution in [3.05, 3.63) is 54.1 Å². The normalized spacial score (nSPS) is 11.1. The Morgan fingerprint density at radius 1 is 1.44 bits per heavy atom. The van der Waals surface area contributed by atoms with Gasteiger partial charge in [-0.15, -0.1) is 0 Å². The van der Waals surface area contributed by atoms with Crippen molar-refractivity contribution in [2.24, 2.45) is 0 Å². The van der Waals surface area contributed by atoms with E-state index >= 15 is 0 Å². The molecule has 82 valence electrons. The Labute approximate surface area is 92.5 Å². The maximum atomic E-state index is 13.6. The third-order valence-electron chi connectivity index (χ3n) is 2.16. The first-order valence-corrected chi connectivity index (χ1v) is 4.88. The number of benzene rings is 1. The van der Waals surface area contributed by atoms with Crippen LogP contribution in [0.25, 0.3) is 11.8 Å². The molecule has 0 spiro atoms. The van der Waals surface area contributed by atoms with E-state index in [2.05, 4.69) is 5.10 Å². The van der Waals surface area contributed by atoms with Gasteiger partial charge < -0.3 is 5.11 Å². The number of nitrogens with zero attached hydrogens (tertiary/aromatic N) is 2. The summed E-state index contributed by atoms with van der Waals surface area (Å²) in [6.07, 6.45) is 6.42. The lowest BCUT2D eigenvalue weighted by molar-refractivity contribution is 0.343. The molecule has 1 heterocycles. The highest BCUT2D eigenvalue weighted by Crippen LogP contribution is 2.14. The van der Waals surface area contributed by atoms with Crippen LogP contribution < -0.4 is 0 Å². The average Bonchev–Trinajstić information content (AvgIpc) is 2.81. The number of hydrogen-bond donors (Lipinski definition) is 1. The maximum Gasteiger partial charge on any atom is 0.132 e. The van der Waals surface area contributed by atoms with Gasteiger partial charge in [0.1, 0.15) is 5.82 Å². The van der Waals surface area contributed by atoms with Gasteiger partial charge in [0.05, 0.1) is 12.3 Å². The lowest BCUT2D eigenvalue weighted by Gasteiger charge is -2.03. The number of aliphatic hydroxyl groups is 1. The summed E-state index contributed by atoms with van der Waals surface area (Å²) < 4.78 is 15.2. The summed E-state index contributed by atoms with van der Waals surface area (Å²) in [5, 5.41) is 12.6. The summed E-state index contributed by atoms with van der Waals surface area (Å²) in [6, 6.07) is 6.60. The van der Waals surface area contributed by atoms with Crippen LogP contribution in [-0.4, -0.2) is 21.5 Å². The monoisotopic (exact) mass is 218 g/mol. The Balaban J connectivity index is 2.33. The zero-order valence-corrected chi connectivity index (χ0v) is 8.55. The molecule has 2 rings (SSSR count). The molecule has 1 aromatic heterocycles. The van der Waals surface area contributed by atoms with Crippen molar-refractivity contribution in [2.75, 3.05) is 6.61 Å². The topological polar surface area (TPSA) is 38.0 Å². The van der Waals surface area contributed by atoms with E-state index in [1.807, 2.05) is 0 Å². The van der Waals surface area contributed by atoms with Crippen molar-refractivity contribution in [3.8, 4) is 5.69 Å². The van der Waals surface area contributed by atoms with Crippen LogP contribution in [0.5, 0.6) is 0 Å². The molecule has 2 aromatic rings. The number of aliphatic hydroxyl groups excluding tert-OH is 1. The molecule has 0 aliphatic heterocycles. The van der Waals surface area contributed by atoms with Gasteiger partial charge in [0, 0.05) is 24.0 Å². The van der Waals surface area contributed by atoms with Crippen molar-refractivity contribution in [1.82, 2.24) is 9.78 Å². The fourth-order valence-electron chi connectivity index (χ4n) is 1.39. The van der Waals surface area contributed by atoms with Crippen molar-refractivity contribution >= 4 is 6.08 Å². The van der Waals surface area contributed by atoms with Crippen LogP contribution in [0.4, 0.5) is 4.39 Å². The van der Waals surface area contributed by atoms with E-state index in [4.69, 9.17) is 5.11 Å². The molecule has 0 saturated carbocycles. The number of rotatable bonds is 3. The molecule has 4 heteroatoms. The summed E-state index contributed by atoms with van der Waals surface area (Å²) in [7, 11) is 0. The minimum absolute atomic E-state index is 0.0969. The zero-order chi connectivity index (χ0) is 11.4. The highest BCUT2D eigenvalue weighted by atomic mass is 19.1. The Hall–Kier alpha value is -1.94. The average molecular weight is 218 g/mol. The molecule has 0 saturated heterocycles. The van der Waals surface area contributed by atoms with Gasteiger partial charge >= 0.3 is 0 Å². The van der Waals surface area contributed by atoms with E-state index in [9.17, 15) is 4.39 Å². The molecule has 0 bridgehead atoms. The molecule has 16 heavy (non-hydrogen) atoms. The molecule has 0 aliphatic rings. The van der Waals surface area contributed by atoms with Crippen molar-refractivity contribution in [1.29, 1.82) is 0 Å². The van der Waals surface area contributed by atoms with Crippen LogP contribution in [-0.2, 0) is 0 Å². The first-order chi connectivity index (χ1) is 7.81. The Kier molecular flexibility index (Phi) is 3.12. The third-order valence-corrected chi connectivity index (χ3v) is 2.16. The molecular weight excluding hydrogens is 207 g/mol. The van der Waals surface area contributed by atoms with Crippen LogP contribution in [0.2, 0.25) is 0 Å². The molecule has 0 aliphatic carbocycles. The van der Waals surface area contributed by atoms with Gasteiger partial charge in [-0.05, 0) is 18.2 Å². The minimum atomic E-state index is -0.335. The summed E-state index contributed by atoms with van der Waals surface area (Å²) in [6.45, 7) is -0.0969. The van der Waals surface area contributed by atoms with Crippen molar-refractivity contribution in [3.63, 3.8) is 0 Å². The quantitative estimate of drug-likeness (QED) is 0.855. The Morgan fingerprint density at radius 2 is 2.31 bits per heavy atom. The fraction of sp³-hybridized carbons (Fsp3) is 0.0833. The fourth-order valence-corrected chi connectivity index (χ4v) is 1.39. The molecule has 0 unspecified atom stereocenters. The predicted molar refractivity (Wildman–Crippen MR) is 59.6 cm³/mol. The van der Waals surface area contributed by atoms with E-state index in [1.54, 1.807) is 41.4 Å². The molecule has 1 N–H and O–H groups in total. The maximum absolute atomic E-state index is 13.6. The zero-order valence-electron chi connectivity index (χ0n) is 8.55. The minimum Gasteiger partial charge on any atom is -0.392 e. The number of aromatic nitrogens is 2. The summed E-state index contributed by atoms with van der Waals surface area (Å²) in [5.74, 6) is -0.335. The first-order valence-electron chi connectivity index (χ1n) is 4.88. The van der Waals surface area contributed by atoms with E-state index in [-0.39, 0.29) is 12.4 Å². The second kappa shape index (κ2) is 4.72. The summed E-state index contributed by atoms with van der Waals surface area (Å²) in [5.41, 5.74) is 1.12. The SMILES string of the molecule is OCC=Cc1ccc(-n2cccn2)cc1F. The van der Waals surface area contributed by atoms with Crippen molar-refractivity contribution in [2.45, 2.75) is 0 Å². The van der Waals surface area contributed by atoms with Crippen LogP contribution >= 0.6 is 0 Å². The van der Waals surface area contributed by atoms with Gasteiger partial charge in [-0.3, -0.25) is 0 Å². The van der Waals surface area contributed by atoms with Crippen LogP contribution in [0.1, 0.15) is 5.56 Å². The molecule has 0 amide bonds. The lowest BCUT2D eigenvalue weighted by Crippen LogP contribution is -1.95. The molecule has 1 aromatic carbocycles. The van der Waals surface area contributed by atoms with E-state index < -0.39 is 0 Å². The Morgan fingerprint density at radius 3 is 2.94 bits per heavy atom. The van der Waals surface area contributed by atoms with Crippen molar-refractivity contribution < 1.29 is 9.50 Å². The van der Waals surface area contributed by atoms with Gasteiger partial charge in [0.15, 0.2) is 0 Å². The van der Waals surface area contributed by atoms with Crippen LogP contribution in [0, 0.1) is 5.82 Å². The second-order valence-electron chi connectivity index (χ2n) is 3.24. The van der Waals surface area contributed by atoms with Gasteiger partial charge in [0.2, 0.25) is 0 Å². The van der Waals surface area contributed by atoms with E-state index in [0.29, 0.717) is 11.3 Å². The molecule has 0 fully saturated rings. The second-order valence-corrected chi connectivity index (χ2v) is 3.24.